The van der Waals surface area contributed by atoms with Gasteiger partial charge in [0.15, 0.2) is 5.13 Å². The molecule has 2 aromatic carbocycles. The number of aliphatic hydroxyl groups excluding tert-OH is 2. The normalized spacial score (nSPS) is 13.9. The zero-order chi connectivity index (χ0) is 26.1. The number of carbonyl (C=O) groups excluding carboxylic acids is 2. The van der Waals surface area contributed by atoms with Crippen LogP contribution in [0, 0.1) is 0 Å². The second-order valence-electron chi connectivity index (χ2n) is 8.21. The van der Waals surface area contributed by atoms with Crippen LogP contribution >= 0.6 is 11.3 Å². The first-order valence-corrected chi connectivity index (χ1v) is 13.8. The summed E-state index contributed by atoms with van der Waals surface area (Å²) in [6.45, 7) is 0.278. The molecule has 0 saturated heterocycles. The van der Waals surface area contributed by atoms with Crippen molar-refractivity contribution in [1.82, 2.24) is 15.6 Å². The molecule has 0 radical (unpaired) electrons. The Hall–Kier alpha value is -3.32. The second-order valence-corrected chi connectivity index (χ2v) is 10.8. The van der Waals surface area contributed by atoms with E-state index in [0.717, 1.165) is 28.7 Å². The van der Waals surface area contributed by atoms with E-state index >= 15 is 0 Å². The third-order valence-corrected chi connectivity index (χ3v) is 6.61. The van der Waals surface area contributed by atoms with E-state index in [1.165, 1.54) is 5.38 Å². The SMILES string of the molecule is CS(=O)(=O)Nc1nc(C(=O)NC(Cc2ccccc2)C(O)C(O)CC(=O)NCc2ccccc2)cs1. The number of sulfonamides is 1. The van der Waals surface area contributed by atoms with Crippen molar-refractivity contribution in [1.29, 1.82) is 0 Å². The number of hydrogen-bond donors (Lipinski definition) is 5. The standard InChI is InChI=1S/C24H28N4O6S2/c1-36(33,34)28-24-27-19(15-35-24)23(32)26-18(12-16-8-4-2-5-9-16)22(31)20(29)13-21(30)25-14-17-10-6-3-7-11-17/h2-11,15,18,20,22,29,31H,12-14H2,1H3,(H,25,30)(H,26,32)(H,27,28). The fourth-order valence-electron chi connectivity index (χ4n) is 3.40. The fourth-order valence-corrected chi connectivity index (χ4v) is 4.94. The number of carbonyl (C=O) groups is 2. The summed E-state index contributed by atoms with van der Waals surface area (Å²) < 4.78 is 25.0. The van der Waals surface area contributed by atoms with Crippen LogP contribution in [-0.4, -0.2) is 59.9 Å². The lowest BCUT2D eigenvalue weighted by Gasteiger charge is -2.27. The fraction of sp³-hybridized carbons (Fsp3) is 0.292. The molecular weight excluding hydrogens is 504 g/mol. The van der Waals surface area contributed by atoms with Crippen molar-refractivity contribution in [3.8, 4) is 0 Å². The predicted octanol–water partition coefficient (Wildman–Crippen LogP) is 1.28. The lowest BCUT2D eigenvalue weighted by Crippen LogP contribution is -2.50. The molecule has 3 atom stereocenters. The van der Waals surface area contributed by atoms with E-state index in [-0.39, 0.29) is 30.2 Å². The van der Waals surface area contributed by atoms with Crippen molar-refractivity contribution >= 4 is 38.3 Å². The molecule has 0 bridgehead atoms. The summed E-state index contributed by atoms with van der Waals surface area (Å²) in [6, 6.07) is 17.4. The van der Waals surface area contributed by atoms with Crippen molar-refractivity contribution in [3.05, 3.63) is 82.9 Å². The van der Waals surface area contributed by atoms with E-state index in [2.05, 4.69) is 20.3 Å². The molecular formula is C24H28N4O6S2. The minimum Gasteiger partial charge on any atom is -0.390 e. The maximum absolute atomic E-state index is 12.8. The van der Waals surface area contributed by atoms with Gasteiger partial charge in [-0.05, 0) is 17.5 Å². The molecule has 0 aliphatic rings. The van der Waals surface area contributed by atoms with Crippen LogP contribution in [0.15, 0.2) is 66.0 Å². The average molecular weight is 533 g/mol. The molecule has 0 fully saturated rings. The van der Waals surface area contributed by atoms with Crippen molar-refractivity contribution < 1.29 is 28.2 Å². The lowest BCUT2D eigenvalue weighted by atomic mass is 9.96. The summed E-state index contributed by atoms with van der Waals surface area (Å²) in [4.78, 5) is 29.1. The number of aliphatic hydroxyl groups is 2. The molecule has 36 heavy (non-hydrogen) atoms. The van der Waals surface area contributed by atoms with E-state index in [1.54, 1.807) is 12.1 Å². The van der Waals surface area contributed by atoms with Crippen LogP contribution in [0.1, 0.15) is 28.0 Å². The van der Waals surface area contributed by atoms with Gasteiger partial charge in [0.2, 0.25) is 15.9 Å². The highest BCUT2D eigenvalue weighted by atomic mass is 32.2. The number of nitrogens with zero attached hydrogens (tertiary/aromatic N) is 1. The summed E-state index contributed by atoms with van der Waals surface area (Å²) in [5, 5.41) is 28.2. The quantitative estimate of drug-likeness (QED) is 0.235. The molecule has 1 aromatic heterocycles. The highest BCUT2D eigenvalue weighted by Gasteiger charge is 2.30. The van der Waals surface area contributed by atoms with Gasteiger partial charge in [-0.3, -0.25) is 14.3 Å². The zero-order valence-corrected chi connectivity index (χ0v) is 21.1. The van der Waals surface area contributed by atoms with Gasteiger partial charge in [0.05, 0.1) is 24.8 Å². The van der Waals surface area contributed by atoms with E-state index in [4.69, 9.17) is 0 Å². The smallest absolute Gasteiger partial charge is 0.271 e. The third-order valence-electron chi connectivity index (χ3n) is 5.16. The molecule has 3 unspecified atom stereocenters. The van der Waals surface area contributed by atoms with Crippen LogP contribution in [-0.2, 0) is 27.8 Å². The van der Waals surface area contributed by atoms with Gasteiger partial charge in [-0.25, -0.2) is 13.4 Å². The third kappa shape index (κ3) is 8.72. The molecule has 0 aliphatic carbocycles. The highest BCUT2D eigenvalue weighted by Crippen LogP contribution is 2.18. The van der Waals surface area contributed by atoms with Crippen molar-refractivity contribution in [2.24, 2.45) is 0 Å². The molecule has 192 valence electrons. The van der Waals surface area contributed by atoms with E-state index in [1.807, 2.05) is 48.5 Å². The first-order valence-electron chi connectivity index (χ1n) is 11.1. The number of benzene rings is 2. The molecule has 1 heterocycles. The number of thiazole rings is 1. The molecule has 3 aromatic rings. The largest absolute Gasteiger partial charge is 0.390 e. The monoisotopic (exact) mass is 532 g/mol. The van der Waals surface area contributed by atoms with Crippen LogP contribution in [0.3, 0.4) is 0 Å². The number of anilines is 1. The minimum atomic E-state index is -3.56. The molecule has 0 aliphatic heterocycles. The second kappa shape index (κ2) is 12.6. The molecule has 12 heteroatoms. The maximum atomic E-state index is 12.8. The van der Waals surface area contributed by atoms with Crippen LogP contribution in [0.5, 0.6) is 0 Å². The Balaban J connectivity index is 1.66. The number of nitrogens with one attached hydrogen (secondary N) is 3. The Morgan fingerprint density at radius 1 is 1.00 bits per heavy atom. The molecule has 10 nitrogen and oxygen atoms in total. The lowest BCUT2D eigenvalue weighted by molar-refractivity contribution is -0.125. The molecule has 2 amide bonds. The molecule has 0 spiro atoms. The minimum absolute atomic E-state index is 0.0259. The van der Waals surface area contributed by atoms with Crippen LogP contribution in [0.25, 0.3) is 0 Å². The van der Waals surface area contributed by atoms with Crippen molar-refractivity contribution in [3.63, 3.8) is 0 Å². The first kappa shape index (κ1) is 27.3. The van der Waals surface area contributed by atoms with Crippen LogP contribution < -0.4 is 15.4 Å². The van der Waals surface area contributed by atoms with Gasteiger partial charge in [0.1, 0.15) is 11.8 Å². The van der Waals surface area contributed by atoms with Crippen LogP contribution in [0.2, 0.25) is 0 Å². The van der Waals surface area contributed by atoms with Crippen molar-refractivity contribution in [2.45, 2.75) is 37.6 Å². The Kier molecular flexibility index (Phi) is 9.53. The Morgan fingerprint density at radius 2 is 1.61 bits per heavy atom. The topological polar surface area (TPSA) is 158 Å². The number of aromatic nitrogens is 1. The van der Waals surface area contributed by atoms with Crippen molar-refractivity contribution in [2.75, 3.05) is 11.0 Å². The van der Waals surface area contributed by atoms with E-state index < -0.39 is 40.1 Å². The Bertz CT molecular complexity index is 1250. The highest BCUT2D eigenvalue weighted by molar-refractivity contribution is 7.92. The number of amides is 2. The average Bonchev–Trinajstić information content (AvgIpc) is 3.30. The summed E-state index contributed by atoms with van der Waals surface area (Å²) in [7, 11) is -3.56. The Morgan fingerprint density at radius 3 is 2.22 bits per heavy atom. The predicted molar refractivity (Wildman–Crippen MR) is 137 cm³/mol. The Labute approximate surface area is 213 Å². The van der Waals surface area contributed by atoms with Crippen LogP contribution in [0.4, 0.5) is 5.13 Å². The number of rotatable bonds is 12. The van der Waals surface area contributed by atoms with Gasteiger partial charge in [0.25, 0.3) is 5.91 Å². The summed E-state index contributed by atoms with van der Waals surface area (Å²) in [5.74, 6) is -1.11. The van der Waals surface area contributed by atoms with Gasteiger partial charge >= 0.3 is 0 Å². The van der Waals surface area contributed by atoms with Gasteiger partial charge in [-0.2, -0.15) is 0 Å². The summed E-state index contributed by atoms with van der Waals surface area (Å²) in [5.41, 5.74) is 1.63. The van der Waals surface area contributed by atoms with E-state index in [9.17, 15) is 28.2 Å². The molecule has 0 saturated carbocycles. The van der Waals surface area contributed by atoms with Gasteiger partial charge in [-0.1, -0.05) is 60.7 Å². The maximum Gasteiger partial charge on any atom is 0.271 e. The first-order chi connectivity index (χ1) is 17.1. The van der Waals surface area contributed by atoms with Gasteiger partial charge in [-0.15, -0.1) is 11.3 Å². The summed E-state index contributed by atoms with van der Waals surface area (Å²) in [6.07, 6.45) is -2.14. The van der Waals surface area contributed by atoms with Gasteiger partial charge in [0, 0.05) is 11.9 Å². The molecule has 3 rings (SSSR count). The zero-order valence-electron chi connectivity index (χ0n) is 19.5. The van der Waals surface area contributed by atoms with Gasteiger partial charge < -0.3 is 20.8 Å². The number of hydrogen-bond acceptors (Lipinski definition) is 8. The molecule has 5 N–H and O–H groups in total. The summed E-state index contributed by atoms with van der Waals surface area (Å²) >= 11 is 0.936. The van der Waals surface area contributed by atoms with E-state index in [0.29, 0.717) is 0 Å².